The van der Waals surface area contributed by atoms with Gasteiger partial charge in [0.1, 0.15) is 11.9 Å². The number of benzene rings is 2. The van der Waals surface area contributed by atoms with Crippen LogP contribution >= 0.6 is 0 Å². The predicted octanol–water partition coefficient (Wildman–Crippen LogP) is 4.52. The van der Waals surface area contributed by atoms with E-state index >= 15 is 0 Å². The Bertz CT molecular complexity index is 1340. The normalized spacial score (nSPS) is 22.2. The molecule has 0 unspecified atom stereocenters. The first-order valence-corrected chi connectivity index (χ1v) is 14.3. The monoisotopic (exact) mass is 529 g/mol. The molecule has 3 aromatic rings. The highest BCUT2D eigenvalue weighted by atomic mass is 16.2. The van der Waals surface area contributed by atoms with Crippen LogP contribution in [-0.4, -0.2) is 51.2 Å². The third-order valence-corrected chi connectivity index (χ3v) is 8.29. The van der Waals surface area contributed by atoms with Crippen molar-refractivity contribution in [3.63, 3.8) is 0 Å². The summed E-state index contributed by atoms with van der Waals surface area (Å²) in [6.45, 7) is 6.65. The van der Waals surface area contributed by atoms with Crippen LogP contribution in [0.3, 0.4) is 0 Å². The molecule has 39 heavy (non-hydrogen) atoms. The Balaban J connectivity index is 1.30. The van der Waals surface area contributed by atoms with Crippen molar-refractivity contribution in [1.29, 1.82) is 0 Å². The van der Waals surface area contributed by atoms with Gasteiger partial charge in [0.15, 0.2) is 0 Å². The molecule has 2 fully saturated rings. The number of likely N-dealkylation sites (tertiary alicyclic amines) is 1. The van der Waals surface area contributed by atoms with Gasteiger partial charge in [-0.25, -0.2) is 4.98 Å². The Labute approximate surface area is 230 Å². The van der Waals surface area contributed by atoms with Crippen molar-refractivity contribution in [3.05, 3.63) is 65.5 Å². The number of carbonyl (C=O) groups excluding carboxylic acids is 3. The minimum absolute atomic E-state index is 0.0528. The molecule has 1 aromatic heterocycles. The summed E-state index contributed by atoms with van der Waals surface area (Å²) < 4.78 is 0. The molecular weight excluding hydrogens is 490 g/mol. The smallest absolute Gasteiger partial charge is 0.243 e. The van der Waals surface area contributed by atoms with Crippen molar-refractivity contribution in [2.75, 3.05) is 6.54 Å². The third-order valence-electron chi connectivity index (χ3n) is 8.29. The minimum atomic E-state index is -0.949. The first-order chi connectivity index (χ1) is 18.9. The van der Waals surface area contributed by atoms with Gasteiger partial charge in [0.25, 0.3) is 0 Å². The van der Waals surface area contributed by atoms with Gasteiger partial charge in [0.05, 0.1) is 23.5 Å². The quantitative estimate of drug-likeness (QED) is 0.379. The second-order valence-electron chi connectivity index (χ2n) is 11.1. The predicted molar refractivity (Wildman–Crippen MR) is 151 cm³/mol. The van der Waals surface area contributed by atoms with Gasteiger partial charge in [0.2, 0.25) is 17.7 Å². The zero-order chi connectivity index (χ0) is 27.5. The van der Waals surface area contributed by atoms with E-state index in [1.807, 2.05) is 67.3 Å². The van der Waals surface area contributed by atoms with Crippen LogP contribution in [0.4, 0.5) is 0 Å². The van der Waals surface area contributed by atoms with E-state index in [1.165, 1.54) is 0 Å². The van der Waals surface area contributed by atoms with Gasteiger partial charge in [-0.3, -0.25) is 14.4 Å². The third kappa shape index (κ3) is 6.00. The van der Waals surface area contributed by atoms with Crippen LogP contribution in [0.25, 0.3) is 11.0 Å². The number of imidazole rings is 1. The molecular formula is C31H39N5O3. The number of hydrogen-bond donors (Lipinski definition) is 3. The fourth-order valence-electron chi connectivity index (χ4n) is 5.87. The molecule has 206 valence electrons. The standard InChI is InChI=1S/C31H39N5O3/c1-4-22-14-8-9-16-36(22)27(37)18-26(34-30(38)24-17-23(24)21-12-6-5-7-13-21)31(39)32-20(3)29-33-25-15-10-11-19(2)28(25)35-29/h5-7,10-13,15,20,22-24,26H,4,8-9,14,16-18H2,1-3H3,(H,32,39)(H,33,35)(H,34,38)/t20-,22-,23-,24+,26-/m0/s1. The number of aryl methyl sites for hydroxylation is 1. The van der Waals surface area contributed by atoms with Crippen LogP contribution in [0, 0.1) is 12.8 Å². The van der Waals surface area contributed by atoms with E-state index in [0.717, 1.165) is 54.3 Å². The van der Waals surface area contributed by atoms with Gasteiger partial charge in [-0.15, -0.1) is 0 Å². The first kappa shape index (κ1) is 26.9. The number of piperidine rings is 1. The first-order valence-electron chi connectivity index (χ1n) is 14.3. The minimum Gasteiger partial charge on any atom is -0.345 e. The maximum atomic E-state index is 13.6. The number of carbonyl (C=O) groups is 3. The Kier molecular flexibility index (Phi) is 8.00. The van der Waals surface area contributed by atoms with Gasteiger partial charge in [-0.05, 0) is 69.1 Å². The number of aromatic amines is 1. The van der Waals surface area contributed by atoms with Crippen molar-refractivity contribution in [3.8, 4) is 0 Å². The molecule has 3 N–H and O–H groups in total. The lowest BCUT2D eigenvalue weighted by Crippen LogP contribution is -2.52. The van der Waals surface area contributed by atoms with Crippen LogP contribution in [0.2, 0.25) is 0 Å². The molecule has 3 amide bonds. The molecule has 1 saturated heterocycles. The van der Waals surface area contributed by atoms with Gasteiger partial charge in [-0.2, -0.15) is 0 Å². The molecule has 1 aliphatic carbocycles. The molecule has 0 spiro atoms. The molecule has 2 aromatic carbocycles. The molecule has 5 rings (SSSR count). The number of para-hydroxylation sites is 1. The van der Waals surface area contributed by atoms with E-state index in [9.17, 15) is 14.4 Å². The molecule has 1 aliphatic heterocycles. The van der Waals surface area contributed by atoms with E-state index in [-0.39, 0.29) is 42.0 Å². The Hall–Kier alpha value is -3.68. The molecule has 0 bridgehead atoms. The highest BCUT2D eigenvalue weighted by Gasteiger charge is 2.45. The summed E-state index contributed by atoms with van der Waals surface area (Å²) in [5, 5.41) is 5.94. The van der Waals surface area contributed by atoms with Crippen molar-refractivity contribution in [2.45, 2.75) is 83.3 Å². The fourth-order valence-corrected chi connectivity index (χ4v) is 5.87. The van der Waals surface area contributed by atoms with Crippen molar-refractivity contribution < 1.29 is 14.4 Å². The molecule has 2 heterocycles. The summed E-state index contributed by atoms with van der Waals surface area (Å²) in [6.07, 6.45) is 4.64. The zero-order valence-electron chi connectivity index (χ0n) is 23.1. The summed E-state index contributed by atoms with van der Waals surface area (Å²) in [6, 6.07) is 14.7. The Morgan fingerprint density at radius 2 is 1.87 bits per heavy atom. The summed E-state index contributed by atoms with van der Waals surface area (Å²) in [4.78, 5) is 50.1. The van der Waals surface area contributed by atoms with Gasteiger partial charge in [0, 0.05) is 18.5 Å². The van der Waals surface area contributed by atoms with E-state index in [1.54, 1.807) is 0 Å². The number of aromatic nitrogens is 2. The average molecular weight is 530 g/mol. The highest BCUT2D eigenvalue weighted by molar-refractivity contribution is 5.93. The largest absolute Gasteiger partial charge is 0.345 e. The maximum Gasteiger partial charge on any atom is 0.243 e. The second-order valence-corrected chi connectivity index (χ2v) is 11.1. The van der Waals surface area contributed by atoms with Crippen LogP contribution < -0.4 is 10.6 Å². The molecule has 2 aliphatic rings. The van der Waals surface area contributed by atoms with Crippen molar-refractivity contribution in [2.24, 2.45) is 5.92 Å². The average Bonchev–Trinajstić information content (AvgIpc) is 3.63. The van der Waals surface area contributed by atoms with Crippen LogP contribution in [0.15, 0.2) is 48.5 Å². The lowest BCUT2D eigenvalue weighted by Gasteiger charge is -2.36. The number of amides is 3. The lowest BCUT2D eigenvalue weighted by molar-refractivity contribution is -0.139. The van der Waals surface area contributed by atoms with Crippen molar-refractivity contribution >= 4 is 28.8 Å². The summed E-state index contributed by atoms with van der Waals surface area (Å²) in [5.41, 5.74) is 3.95. The number of H-pyrrole nitrogens is 1. The van der Waals surface area contributed by atoms with E-state index in [4.69, 9.17) is 0 Å². The molecule has 8 nitrogen and oxygen atoms in total. The highest BCUT2D eigenvalue weighted by Crippen LogP contribution is 2.47. The number of nitrogens with zero attached hydrogens (tertiary/aromatic N) is 2. The van der Waals surface area contributed by atoms with Crippen molar-refractivity contribution in [1.82, 2.24) is 25.5 Å². The summed E-state index contributed by atoms with van der Waals surface area (Å²) in [7, 11) is 0. The van der Waals surface area contributed by atoms with Gasteiger partial charge in [-0.1, -0.05) is 49.4 Å². The SMILES string of the molecule is CC[C@H]1CCCCN1C(=O)C[C@H](NC(=O)[C@@H]1C[C@H]1c1ccccc1)C(=O)N[C@@H](C)c1nc2c(C)cccc2[nH]1. The maximum absolute atomic E-state index is 13.6. The van der Waals surface area contributed by atoms with Crippen LogP contribution in [-0.2, 0) is 14.4 Å². The molecule has 5 atom stereocenters. The molecule has 1 saturated carbocycles. The number of fused-ring (bicyclic) bond motifs is 1. The summed E-state index contributed by atoms with van der Waals surface area (Å²) in [5.74, 6) is -0.0263. The van der Waals surface area contributed by atoms with E-state index in [0.29, 0.717) is 12.4 Å². The molecule has 0 radical (unpaired) electrons. The number of nitrogens with one attached hydrogen (secondary N) is 3. The Morgan fingerprint density at radius 1 is 1.08 bits per heavy atom. The number of hydrogen-bond acceptors (Lipinski definition) is 4. The van der Waals surface area contributed by atoms with E-state index < -0.39 is 12.1 Å². The second kappa shape index (κ2) is 11.6. The van der Waals surface area contributed by atoms with Crippen LogP contribution in [0.1, 0.15) is 81.3 Å². The van der Waals surface area contributed by atoms with E-state index in [2.05, 4.69) is 27.5 Å². The summed E-state index contributed by atoms with van der Waals surface area (Å²) >= 11 is 0. The zero-order valence-corrected chi connectivity index (χ0v) is 23.1. The van der Waals surface area contributed by atoms with Gasteiger partial charge >= 0.3 is 0 Å². The molecule has 8 heteroatoms. The Morgan fingerprint density at radius 3 is 2.62 bits per heavy atom. The van der Waals surface area contributed by atoms with Gasteiger partial charge < -0.3 is 20.5 Å². The lowest BCUT2D eigenvalue weighted by atomic mass is 9.98. The topological polar surface area (TPSA) is 107 Å². The van der Waals surface area contributed by atoms with Crippen LogP contribution in [0.5, 0.6) is 0 Å². The fraction of sp³-hybridized carbons (Fsp3) is 0.484. The number of rotatable bonds is 9.